The van der Waals surface area contributed by atoms with Gasteiger partial charge in [-0.25, -0.2) is 4.39 Å². The Bertz CT molecular complexity index is 607. The van der Waals surface area contributed by atoms with Gasteiger partial charge in [-0.1, -0.05) is 6.92 Å². The van der Waals surface area contributed by atoms with Gasteiger partial charge in [0.05, 0.1) is 19.2 Å². The van der Waals surface area contributed by atoms with Crippen molar-refractivity contribution < 1.29 is 14.0 Å². The smallest absolute Gasteiger partial charge is 0.237 e. The molecule has 1 heterocycles. The molecule has 4 aliphatic rings. The van der Waals surface area contributed by atoms with E-state index >= 15 is 0 Å². The quantitative estimate of drug-likeness (QED) is 0.741. The average Bonchev–Trinajstić information content (AvgIpc) is 3.08. The molecule has 3 atom stereocenters. The number of nitrogens with zero attached hydrogens (tertiary/aromatic N) is 2. The molecule has 3 saturated carbocycles. The van der Waals surface area contributed by atoms with Gasteiger partial charge in [-0.3, -0.25) is 9.59 Å². The number of carbonyl (C=O) groups excluding carboxylic acids is 2. The fraction of sp³-hybridized carbons (Fsp3) is 0.850. The van der Waals surface area contributed by atoms with E-state index in [2.05, 4.69) is 17.6 Å². The number of fused-ring (bicyclic) bond motifs is 3. The Morgan fingerprint density at radius 1 is 1.26 bits per heavy atom. The van der Waals surface area contributed by atoms with Gasteiger partial charge in [0.1, 0.15) is 12.2 Å². The third-order valence-electron chi connectivity index (χ3n) is 7.05. The zero-order chi connectivity index (χ0) is 19.7. The maximum Gasteiger partial charge on any atom is 0.237 e. The minimum absolute atomic E-state index is 0.0185. The predicted molar refractivity (Wildman–Crippen MR) is 99.4 cm³/mol. The summed E-state index contributed by atoms with van der Waals surface area (Å²) in [6, 6.07) is 1.57. The third-order valence-corrected chi connectivity index (χ3v) is 7.05. The molecule has 0 radical (unpaired) electrons. The summed E-state index contributed by atoms with van der Waals surface area (Å²) in [4.78, 5) is 26.6. The minimum Gasteiger partial charge on any atom is -0.353 e. The number of likely N-dealkylation sites (tertiary alicyclic amines) is 1. The Kier molecular flexibility index (Phi) is 5.76. The molecule has 4 rings (SSSR count). The van der Waals surface area contributed by atoms with Crippen LogP contribution in [0, 0.1) is 16.7 Å². The molecule has 150 valence electrons. The van der Waals surface area contributed by atoms with Gasteiger partial charge in [-0.15, -0.1) is 0 Å². The summed E-state index contributed by atoms with van der Waals surface area (Å²) >= 11 is 0. The number of rotatable bonds is 6. The van der Waals surface area contributed by atoms with Crippen molar-refractivity contribution in [2.45, 2.75) is 89.0 Å². The summed E-state index contributed by atoms with van der Waals surface area (Å²) in [7, 11) is 0. The molecule has 0 aromatic rings. The second kappa shape index (κ2) is 7.75. The Labute approximate surface area is 160 Å². The van der Waals surface area contributed by atoms with Gasteiger partial charge in [0, 0.05) is 23.4 Å². The molecule has 0 spiro atoms. The van der Waals surface area contributed by atoms with Crippen LogP contribution in [0.25, 0.3) is 0 Å². The molecule has 6 nitrogen and oxygen atoms in total. The first kappa shape index (κ1) is 20.1. The molecule has 27 heavy (non-hydrogen) atoms. The summed E-state index contributed by atoms with van der Waals surface area (Å²) in [6.07, 6.45) is 5.08. The van der Waals surface area contributed by atoms with E-state index in [-0.39, 0.29) is 48.3 Å². The van der Waals surface area contributed by atoms with Crippen LogP contribution in [-0.4, -0.2) is 53.6 Å². The number of hydrogen-bond donors (Lipinski definition) is 2. The van der Waals surface area contributed by atoms with Crippen LogP contribution in [0.1, 0.15) is 65.2 Å². The lowest BCUT2D eigenvalue weighted by atomic mass is 9.57. The van der Waals surface area contributed by atoms with Crippen LogP contribution < -0.4 is 10.6 Å². The Hall–Kier alpha value is -1.68. The zero-order valence-corrected chi connectivity index (χ0v) is 16.4. The van der Waals surface area contributed by atoms with Crippen molar-refractivity contribution in [2.75, 3.05) is 13.1 Å². The summed E-state index contributed by atoms with van der Waals surface area (Å²) < 4.78 is 13.5. The van der Waals surface area contributed by atoms with Crippen LogP contribution in [0.5, 0.6) is 0 Å². The van der Waals surface area contributed by atoms with E-state index in [9.17, 15) is 14.0 Å². The molecule has 1 saturated heterocycles. The van der Waals surface area contributed by atoms with Crippen LogP contribution in [0.15, 0.2) is 0 Å². The first-order valence-electron chi connectivity index (χ1n) is 10.2. The lowest BCUT2D eigenvalue weighted by Gasteiger charge is -2.53. The first-order chi connectivity index (χ1) is 12.8. The first-order valence-corrected chi connectivity index (χ1v) is 10.2. The SMILES string of the molecule is CCC(C)NC(=O)C12CCC(NCC(=O)N3CC(F)CC3C#N)(CC1)CC2. The van der Waals surface area contributed by atoms with Crippen molar-refractivity contribution in [1.82, 2.24) is 15.5 Å². The molecule has 2 bridgehead atoms. The van der Waals surface area contributed by atoms with Crippen LogP contribution in [0.2, 0.25) is 0 Å². The molecular weight excluding hydrogens is 347 g/mol. The Morgan fingerprint density at radius 2 is 1.89 bits per heavy atom. The number of nitrogens with one attached hydrogen (secondary N) is 2. The second-order valence-electron chi connectivity index (χ2n) is 8.72. The van der Waals surface area contributed by atoms with Crippen molar-refractivity contribution in [3.8, 4) is 6.07 Å². The van der Waals surface area contributed by atoms with Crippen LogP contribution in [0.3, 0.4) is 0 Å². The number of carbonyl (C=O) groups is 2. The lowest BCUT2D eigenvalue weighted by molar-refractivity contribution is -0.140. The molecular formula is C20H31FN4O2. The average molecular weight is 378 g/mol. The molecule has 4 fully saturated rings. The molecule has 2 amide bonds. The van der Waals surface area contributed by atoms with Crippen LogP contribution in [0.4, 0.5) is 4.39 Å². The summed E-state index contributed by atoms with van der Waals surface area (Å²) in [5.74, 6) is -0.0165. The highest BCUT2D eigenvalue weighted by Gasteiger charge is 2.52. The standard InChI is InChI=1S/C20H31FN4O2/c1-3-14(2)24-18(27)19-4-7-20(8-5-19,9-6-19)23-12-17(26)25-13-15(21)10-16(25)11-22/h14-16,23H,3-10,12-13H2,1-2H3,(H,24,27). The van der Waals surface area contributed by atoms with Gasteiger partial charge >= 0.3 is 0 Å². The molecule has 3 aliphatic carbocycles. The summed E-state index contributed by atoms with van der Waals surface area (Å²) in [5.41, 5.74) is -0.357. The Morgan fingerprint density at radius 3 is 2.44 bits per heavy atom. The van der Waals surface area contributed by atoms with Crippen molar-refractivity contribution in [1.29, 1.82) is 5.26 Å². The predicted octanol–water partition coefficient (Wildman–Crippen LogP) is 2.05. The fourth-order valence-corrected chi connectivity index (χ4v) is 4.82. The molecule has 0 aromatic heterocycles. The maximum absolute atomic E-state index is 13.5. The molecule has 3 unspecified atom stereocenters. The van der Waals surface area contributed by atoms with Crippen LogP contribution >= 0.6 is 0 Å². The fourth-order valence-electron chi connectivity index (χ4n) is 4.82. The monoisotopic (exact) mass is 378 g/mol. The van der Waals surface area contributed by atoms with Crippen molar-refractivity contribution in [3.05, 3.63) is 0 Å². The Balaban J connectivity index is 1.53. The van der Waals surface area contributed by atoms with E-state index in [0.717, 1.165) is 44.9 Å². The third kappa shape index (κ3) is 3.96. The van der Waals surface area contributed by atoms with Gasteiger partial charge in [0.15, 0.2) is 0 Å². The summed E-state index contributed by atoms with van der Waals surface area (Å²) in [5, 5.41) is 15.7. The van der Waals surface area contributed by atoms with Gasteiger partial charge in [-0.05, 0) is 51.9 Å². The number of halogens is 1. The van der Waals surface area contributed by atoms with E-state index in [1.165, 1.54) is 4.90 Å². The van der Waals surface area contributed by atoms with Crippen molar-refractivity contribution in [2.24, 2.45) is 5.41 Å². The second-order valence-corrected chi connectivity index (χ2v) is 8.72. The van der Waals surface area contributed by atoms with E-state index in [4.69, 9.17) is 5.26 Å². The number of amides is 2. The van der Waals surface area contributed by atoms with Crippen LogP contribution in [-0.2, 0) is 9.59 Å². The molecule has 1 aliphatic heterocycles. The lowest BCUT2D eigenvalue weighted by Crippen LogP contribution is -2.60. The highest BCUT2D eigenvalue weighted by atomic mass is 19.1. The highest BCUT2D eigenvalue weighted by Crippen LogP contribution is 2.52. The normalized spacial score (nSPS) is 36.3. The number of hydrogen-bond acceptors (Lipinski definition) is 4. The summed E-state index contributed by atoms with van der Waals surface area (Å²) in [6.45, 7) is 4.26. The number of alkyl halides is 1. The zero-order valence-electron chi connectivity index (χ0n) is 16.4. The van der Waals surface area contributed by atoms with E-state index < -0.39 is 12.2 Å². The van der Waals surface area contributed by atoms with Gasteiger partial charge in [-0.2, -0.15) is 5.26 Å². The van der Waals surface area contributed by atoms with E-state index in [1.54, 1.807) is 0 Å². The maximum atomic E-state index is 13.5. The number of nitriles is 1. The van der Waals surface area contributed by atoms with Gasteiger partial charge in [0.25, 0.3) is 0 Å². The minimum atomic E-state index is -1.11. The van der Waals surface area contributed by atoms with Crippen molar-refractivity contribution >= 4 is 11.8 Å². The van der Waals surface area contributed by atoms with E-state index in [0.29, 0.717) is 0 Å². The topological polar surface area (TPSA) is 85.2 Å². The van der Waals surface area contributed by atoms with Gasteiger partial charge < -0.3 is 15.5 Å². The largest absolute Gasteiger partial charge is 0.353 e. The van der Waals surface area contributed by atoms with E-state index in [1.807, 2.05) is 13.0 Å². The molecule has 0 aromatic carbocycles. The highest BCUT2D eigenvalue weighted by molar-refractivity contribution is 5.83. The molecule has 7 heteroatoms. The van der Waals surface area contributed by atoms with Gasteiger partial charge in [0.2, 0.25) is 11.8 Å². The molecule has 2 N–H and O–H groups in total. The van der Waals surface area contributed by atoms with Crippen molar-refractivity contribution in [3.63, 3.8) is 0 Å².